The largest absolute Gasteiger partial charge is 0.385 e. The van der Waals surface area contributed by atoms with E-state index in [1.807, 2.05) is 28.7 Å². The molecule has 0 spiro atoms. The number of aryl methyl sites for hydroxylation is 1. The average Bonchev–Trinajstić information content (AvgIpc) is 3.25. The fraction of sp³-hybridized carbons (Fsp3) is 0.261. The van der Waals surface area contributed by atoms with E-state index < -0.39 is 0 Å². The molecular formula is C23H22N6O3S. The van der Waals surface area contributed by atoms with Gasteiger partial charge in [0.1, 0.15) is 0 Å². The smallest absolute Gasteiger partial charge is 0.262 e. The highest BCUT2D eigenvalue weighted by Crippen LogP contribution is 2.22. The Kier molecular flexibility index (Phi) is 7.02. The van der Waals surface area contributed by atoms with Crippen molar-refractivity contribution >= 4 is 40.0 Å². The fourth-order valence-corrected chi connectivity index (χ4v) is 4.36. The second kappa shape index (κ2) is 10.3. The molecule has 0 saturated carbocycles. The van der Waals surface area contributed by atoms with Gasteiger partial charge in [0.25, 0.3) is 5.56 Å². The Labute approximate surface area is 194 Å². The van der Waals surface area contributed by atoms with Crippen molar-refractivity contribution in [1.29, 1.82) is 5.26 Å². The lowest BCUT2D eigenvalue weighted by atomic mass is 10.2. The third-order valence-electron chi connectivity index (χ3n) is 5.07. The van der Waals surface area contributed by atoms with Crippen LogP contribution >= 0.6 is 11.8 Å². The number of para-hydroxylation sites is 1. The number of thioether (sulfide) groups is 1. The molecule has 33 heavy (non-hydrogen) atoms. The quantitative estimate of drug-likeness (QED) is 0.300. The summed E-state index contributed by atoms with van der Waals surface area (Å²) in [4.78, 5) is 25.4. The summed E-state index contributed by atoms with van der Waals surface area (Å²) in [6, 6.07) is 16.1. The summed E-state index contributed by atoms with van der Waals surface area (Å²) in [5.41, 5.74) is 1.80. The number of aromatic nitrogens is 4. The van der Waals surface area contributed by atoms with Gasteiger partial charge in [0.15, 0.2) is 5.16 Å². The number of hydrogen-bond donors (Lipinski definition) is 1. The molecule has 2 heterocycles. The van der Waals surface area contributed by atoms with Crippen LogP contribution in [-0.4, -0.2) is 44.5 Å². The number of carbonyl (C=O) groups excluding carboxylic acids is 1. The molecule has 2 aromatic heterocycles. The maximum absolute atomic E-state index is 13.0. The van der Waals surface area contributed by atoms with E-state index in [-0.39, 0.29) is 17.9 Å². The van der Waals surface area contributed by atoms with E-state index in [2.05, 4.69) is 15.5 Å². The van der Waals surface area contributed by atoms with E-state index in [4.69, 9.17) is 10.00 Å². The molecular weight excluding hydrogens is 440 g/mol. The predicted octanol–water partition coefficient (Wildman–Crippen LogP) is 3.07. The lowest BCUT2D eigenvalue weighted by Crippen LogP contribution is -2.24. The van der Waals surface area contributed by atoms with Crippen molar-refractivity contribution in [3.05, 3.63) is 64.4 Å². The van der Waals surface area contributed by atoms with Crippen molar-refractivity contribution in [1.82, 2.24) is 19.2 Å². The van der Waals surface area contributed by atoms with Crippen LogP contribution in [0.15, 0.2) is 58.5 Å². The zero-order valence-electron chi connectivity index (χ0n) is 18.0. The van der Waals surface area contributed by atoms with Crippen LogP contribution in [0.1, 0.15) is 18.4 Å². The number of fused-ring (bicyclic) bond motifs is 3. The molecule has 0 aliphatic rings. The lowest BCUT2D eigenvalue weighted by molar-refractivity contribution is -0.115. The summed E-state index contributed by atoms with van der Waals surface area (Å²) >= 11 is 1.40. The number of benzene rings is 2. The summed E-state index contributed by atoms with van der Waals surface area (Å²) in [5, 5.41) is 21.5. The summed E-state index contributed by atoms with van der Waals surface area (Å²) in [7, 11) is 1.63. The Morgan fingerprint density at radius 2 is 1.97 bits per heavy atom. The highest BCUT2D eigenvalue weighted by molar-refractivity contribution is 7.99. The second-order valence-electron chi connectivity index (χ2n) is 7.27. The molecule has 10 heteroatoms. The van der Waals surface area contributed by atoms with Gasteiger partial charge in [0.2, 0.25) is 11.7 Å². The van der Waals surface area contributed by atoms with Gasteiger partial charge in [-0.1, -0.05) is 23.9 Å². The first-order chi connectivity index (χ1) is 16.1. The van der Waals surface area contributed by atoms with Crippen LogP contribution in [0.25, 0.3) is 16.7 Å². The molecule has 2 aromatic carbocycles. The van der Waals surface area contributed by atoms with Crippen LogP contribution in [0.2, 0.25) is 0 Å². The van der Waals surface area contributed by atoms with Gasteiger partial charge in [-0.25, -0.2) is 0 Å². The van der Waals surface area contributed by atoms with Crippen LogP contribution in [0.5, 0.6) is 0 Å². The minimum atomic E-state index is -0.137. The van der Waals surface area contributed by atoms with Crippen LogP contribution < -0.4 is 10.9 Å². The number of nitriles is 1. The van der Waals surface area contributed by atoms with Gasteiger partial charge in [0, 0.05) is 38.1 Å². The molecule has 4 rings (SSSR count). The summed E-state index contributed by atoms with van der Waals surface area (Å²) in [6.07, 6.45) is 0.945. The maximum atomic E-state index is 13.0. The first-order valence-corrected chi connectivity index (χ1v) is 11.4. The fourth-order valence-electron chi connectivity index (χ4n) is 3.48. The van der Waals surface area contributed by atoms with Crippen molar-refractivity contribution in [2.24, 2.45) is 0 Å². The molecule has 0 bridgehead atoms. The van der Waals surface area contributed by atoms with Crippen molar-refractivity contribution < 1.29 is 9.53 Å². The minimum absolute atomic E-state index is 0.111. The van der Waals surface area contributed by atoms with Gasteiger partial charge in [-0.05, 0) is 42.8 Å². The van der Waals surface area contributed by atoms with Gasteiger partial charge in [-0.3, -0.25) is 18.6 Å². The highest BCUT2D eigenvalue weighted by Gasteiger charge is 2.17. The van der Waals surface area contributed by atoms with Crippen LogP contribution in [0.4, 0.5) is 5.69 Å². The van der Waals surface area contributed by atoms with E-state index in [0.717, 1.165) is 5.52 Å². The number of methoxy groups -OCH3 is 1. The molecule has 0 radical (unpaired) electrons. The summed E-state index contributed by atoms with van der Waals surface area (Å²) < 4.78 is 8.61. The molecule has 0 aliphatic carbocycles. The number of amides is 1. The van der Waals surface area contributed by atoms with E-state index in [9.17, 15) is 9.59 Å². The van der Waals surface area contributed by atoms with Gasteiger partial charge in [0.05, 0.1) is 22.5 Å². The molecule has 168 valence electrons. The van der Waals surface area contributed by atoms with Crippen LogP contribution in [-0.2, 0) is 16.1 Å². The maximum Gasteiger partial charge on any atom is 0.262 e. The SMILES string of the molecule is COCCCn1c(=O)c2ccccc2n2c(SCCC(=O)Nc3ccc(C#N)cc3)nnc12. The topological polar surface area (TPSA) is 114 Å². The predicted molar refractivity (Wildman–Crippen MR) is 126 cm³/mol. The van der Waals surface area contributed by atoms with Crippen LogP contribution in [0.3, 0.4) is 0 Å². The lowest BCUT2D eigenvalue weighted by Gasteiger charge is -2.11. The minimum Gasteiger partial charge on any atom is -0.385 e. The zero-order chi connectivity index (χ0) is 23.2. The number of hydrogen-bond acceptors (Lipinski definition) is 7. The molecule has 0 unspecified atom stereocenters. The highest BCUT2D eigenvalue weighted by atomic mass is 32.2. The summed E-state index contributed by atoms with van der Waals surface area (Å²) in [5.74, 6) is 0.821. The number of nitrogens with one attached hydrogen (secondary N) is 1. The molecule has 9 nitrogen and oxygen atoms in total. The molecule has 0 atom stereocenters. The molecule has 0 fully saturated rings. The first-order valence-electron chi connectivity index (χ1n) is 10.4. The number of rotatable bonds is 9. The monoisotopic (exact) mass is 462 g/mol. The first kappa shape index (κ1) is 22.5. The van der Waals surface area contributed by atoms with E-state index in [1.54, 1.807) is 42.0 Å². The number of nitrogens with zero attached hydrogens (tertiary/aromatic N) is 5. The van der Waals surface area contributed by atoms with Gasteiger partial charge in [-0.15, -0.1) is 10.2 Å². The van der Waals surface area contributed by atoms with Gasteiger partial charge >= 0.3 is 0 Å². The third-order valence-corrected chi connectivity index (χ3v) is 6.00. The Balaban J connectivity index is 1.52. The molecule has 0 saturated heterocycles. The number of ether oxygens (including phenoxy) is 1. The van der Waals surface area contributed by atoms with Crippen molar-refractivity contribution in [2.45, 2.75) is 24.5 Å². The second-order valence-corrected chi connectivity index (χ2v) is 8.34. The molecule has 0 aliphatic heterocycles. The molecule has 4 aromatic rings. The van der Waals surface area contributed by atoms with Crippen molar-refractivity contribution in [2.75, 3.05) is 24.8 Å². The number of carbonyl (C=O) groups is 1. The van der Waals surface area contributed by atoms with E-state index in [1.165, 1.54) is 11.8 Å². The van der Waals surface area contributed by atoms with Gasteiger partial charge in [-0.2, -0.15) is 5.26 Å². The van der Waals surface area contributed by atoms with Gasteiger partial charge < -0.3 is 10.1 Å². The Bertz CT molecular complexity index is 1390. The zero-order valence-corrected chi connectivity index (χ0v) is 18.8. The summed E-state index contributed by atoms with van der Waals surface area (Å²) in [6.45, 7) is 1.01. The molecule has 1 amide bonds. The normalized spacial score (nSPS) is 11.0. The third kappa shape index (κ3) is 4.89. The van der Waals surface area contributed by atoms with Crippen molar-refractivity contribution in [3.8, 4) is 6.07 Å². The van der Waals surface area contributed by atoms with E-state index in [0.29, 0.717) is 52.9 Å². The Morgan fingerprint density at radius 3 is 2.73 bits per heavy atom. The van der Waals surface area contributed by atoms with E-state index >= 15 is 0 Å². The standard InChI is InChI=1S/C23H22N6O3S/c1-32-13-4-12-28-21(31)18-5-2-3-6-19(18)29-22(28)26-27-23(29)33-14-11-20(30)25-17-9-7-16(15-24)8-10-17/h2-3,5-10H,4,11-14H2,1H3,(H,25,30). The van der Waals surface area contributed by atoms with Crippen LogP contribution in [0, 0.1) is 11.3 Å². The Morgan fingerprint density at radius 1 is 1.18 bits per heavy atom. The Hall–Kier alpha value is -3.68. The van der Waals surface area contributed by atoms with Crippen molar-refractivity contribution in [3.63, 3.8) is 0 Å². The number of anilines is 1. The average molecular weight is 463 g/mol. The molecule has 1 N–H and O–H groups in total.